The minimum Gasteiger partial charge on any atom is -0.467 e. The molecule has 0 unspecified atom stereocenters. The molecule has 1 N–H and O–H groups in total. The van der Waals surface area contributed by atoms with Crippen LogP contribution >= 0.6 is 0 Å². The number of unbranched alkanes of at least 4 members (excludes halogenated alkanes) is 1. The zero-order valence-electron chi connectivity index (χ0n) is 24.9. The first kappa shape index (κ1) is 29.8. The smallest absolute Gasteiger partial charge is 0.328 e. The average molecular weight is 584 g/mol. The molecular formula is C32H37N7O4. The Kier molecular flexibility index (Phi) is 9.38. The van der Waals surface area contributed by atoms with Gasteiger partial charge in [0.05, 0.1) is 13.7 Å². The zero-order valence-corrected chi connectivity index (χ0v) is 24.9. The molecule has 1 amide bonds. The van der Waals surface area contributed by atoms with Crippen molar-refractivity contribution in [3.8, 4) is 22.5 Å². The van der Waals surface area contributed by atoms with E-state index in [1.165, 1.54) is 7.11 Å². The number of aryl methyl sites for hydroxylation is 2. The minimum atomic E-state index is -0.549. The number of aromatic nitrogens is 6. The number of rotatable bonds is 11. The number of aromatic amines is 1. The predicted molar refractivity (Wildman–Crippen MR) is 161 cm³/mol. The summed E-state index contributed by atoms with van der Waals surface area (Å²) in [4.78, 5) is 45.5. The standard InChI is InChI=1S/C32H37N7O4/c1-4-5-12-28-33-21(2)24(17-18-29(40)38-19-8-11-27(38)32(42)43-3)31(41)39(28)20-22-13-15-23(16-14-22)25-9-6-7-10-26(25)30-34-36-37-35-30/h6-7,9-10,13-16,27H,4-5,8,11-12,17-20H2,1-3H3,(H,34,35,36,37)/t27-/m0/s1. The topological polar surface area (TPSA) is 136 Å². The maximum absolute atomic E-state index is 13.9. The van der Waals surface area contributed by atoms with Gasteiger partial charge in [-0.15, -0.1) is 10.2 Å². The Bertz CT molecular complexity index is 1630. The van der Waals surface area contributed by atoms with Crippen LogP contribution in [-0.2, 0) is 33.7 Å². The number of hydrogen-bond acceptors (Lipinski definition) is 8. The number of carbonyl (C=O) groups excluding carboxylic acids is 2. The summed E-state index contributed by atoms with van der Waals surface area (Å²) < 4.78 is 6.63. The number of hydrogen-bond donors (Lipinski definition) is 1. The SMILES string of the molecule is CCCCc1nc(C)c(CCC(=O)N2CCC[C@H]2C(=O)OC)c(=O)n1Cc1ccc(-c2ccccc2-c2nn[nH]n2)cc1. The van der Waals surface area contributed by atoms with Crippen molar-refractivity contribution >= 4 is 11.9 Å². The number of likely N-dealkylation sites (tertiary alicyclic amines) is 1. The highest BCUT2D eigenvalue weighted by Crippen LogP contribution is 2.30. The summed E-state index contributed by atoms with van der Waals surface area (Å²) in [6.07, 6.45) is 4.34. The van der Waals surface area contributed by atoms with E-state index < -0.39 is 12.0 Å². The molecule has 4 aromatic rings. The van der Waals surface area contributed by atoms with E-state index in [4.69, 9.17) is 9.72 Å². The summed E-state index contributed by atoms with van der Waals surface area (Å²) in [5, 5.41) is 14.5. The largest absolute Gasteiger partial charge is 0.467 e. The molecule has 11 heteroatoms. The van der Waals surface area contributed by atoms with Crippen LogP contribution in [0.25, 0.3) is 22.5 Å². The van der Waals surface area contributed by atoms with E-state index >= 15 is 0 Å². The van der Waals surface area contributed by atoms with Gasteiger partial charge in [0.15, 0.2) is 0 Å². The van der Waals surface area contributed by atoms with Crippen molar-refractivity contribution in [1.82, 2.24) is 35.1 Å². The number of benzene rings is 2. The first-order valence-electron chi connectivity index (χ1n) is 14.8. The van der Waals surface area contributed by atoms with Crippen LogP contribution in [-0.4, -0.2) is 66.6 Å². The Morgan fingerprint density at radius 3 is 2.53 bits per heavy atom. The van der Waals surface area contributed by atoms with E-state index in [9.17, 15) is 14.4 Å². The number of ether oxygens (including phenoxy) is 1. The molecule has 1 aliphatic heterocycles. The van der Waals surface area contributed by atoms with Crippen molar-refractivity contribution in [2.24, 2.45) is 0 Å². The lowest BCUT2D eigenvalue weighted by Crippen LogP contribution is -2.41. The lowest BCUT2D eigenvalue weighted by molar-refractivity contribution is -0.150. The van der Waals surface area contributed by atoms with Gasteiger partial charge in [-0.1, -0.05) is 61.9 Å². The second-order valence-electron chi connectivity index (χ2n) is 10.8. The molecule has 1 fully saturated rings. The second kappa shape index (κ2) is 13.5. The summed E-state index contributed by atoms with van der Waals surface area (Å²) in [5.41, 5.74) is 4.88. The van der Waals surface area contributed by atoms with Gasteiger partial charge in [0.2, 0.25) is 11.7 Å². The number of esters is 1. The Hall–Kier alpha value is -4.67. The van der Waals surface area contributed by atoms with Crippen LogP contribution in [0.4, 0.5) is 0 Å². The summed E-state index contributed by atoms with van der Waals surface area (Å²) in [5.74, 6) is 0.728. The molecule has 0 saturated carbocycles. The number of tetrazole rings is 1. The van der Waals surface area contributed by atoms with Crippen LogP contribution < -0.4 is 5.56 Å². The summed E-state index contributed by atoms with van der Waals surface area (Å²) in [6, 6.07) is 15.4. The molecule has 224 valence electrons. The second-order valence-corrected chi connectivity index (χ2v) is 10.8. The third-order valence-electron chi connectivity index (χ3n) is 8.06. The van der Waals surface area contributed by atoms with Crippen molar-refractivity contribution < 1.29 is 14.3 Å². The summed E-state index contributed by atoms with van der Waals surface area (Å²) in [6.45, 7) is 4.84. The molecule has 1 saturated heterocycles. The molecule has 0 radical (unpaired) electrons. The number of H-pyrrole nitrogens is 1. The molecular weight excluding hydrogens is 546 g/mol. The van der Waals surface area contributed by atoms with Crippen molar-refractivity contribution in [2.75, 3.05) is 13.7 Å². The molecule has 1 atom stereocenters. The highest BCUT2D eigenvalue weighted by atomic mass is 16.5. The van der Waals surface area contributed by atoms with Gasteiger partial charge >= 0.3 is 5.97 Å². The van der Waals surface area contributed by atoms with Crippen molar-refractivity contribution in [2.45, 2.75) is 71.4 Å². The Morgan fingerprint density at radius 1 is 1.07 bits per heavy atom. The van der Waals surface area contributed by atoms with Gasteiger partial charge in [-0.25, -0.2) is 9.78 Å². The van der Waals surface area contributed by atoms with Crippen LogP contribution in [0.2, 0.25) is 0 Å². The monoisotopic (exact) mass is 583 g/mol. The molecule has 2 aromatic heterocycles. The Labute approximate surface area is 250 Å². The number of amides is 1. The van der Waals surface area contributed by atoms with E-state index in [1.54, 1.807) is 9.47 Å². The van der Waals surface area contributed by atoms with Crippen LogP contribution in [0.1, 0.15) is 61.7 Å². The number of methoxy groups -OCH3 is 1. The molecule has 43 heavy (non-hydrogen) atoms. The van der Waals surface area contributed by atoms with E-state index in [1.807, 2.05) is 55.5 Å². The maximum atomic E-state index is 13.9. The molecule has 0 spiro atoms. The first-order valence-corrected chi connectivity index (χ1v) is 14.8. The van der Waals surface area contributed by atoms with E-state index in [0.29, 0.717) is 43.0 Å². The van der Waals surface area contributed by atoms with Gasteiger partial charge in [0.25, 0.3) is 5.56 Å². The Balaban J connectivity index is 1.38. The van der Waals surface area contributed by atoms with Gasteiger partial charge in [-0.05, 0) is 54.5 Å². The number of carbonyl (C=O) groups is 2. The lowest BCUT2D eigenvalue weighted by Gasteiger charge is -2.23. The number of nitrogens with zero attached hydrogens (tertiary/aromatic N) is 6. The summed E-state index contributed by atoms with van der Waals surface area (Å²) in [7, 11) is 1.34. The van der Waals surface area contributed by atoms with E-state index in [-0.39, 0.29) is 24.3 Å². The van der Waals surface area contributed by atoms with Crippen molar-refractivity contribution in [1.29, 1.82) is 0 Å². The summed E-state index contributed by atoms with van der Waals surface area (Å²) >= 11 is 0. The van der Waals surface area contributed by atoms with Gasteiger partial charge in [0.1, 0.15) is 11.9 Å². The maximum Gasteiger partial charge on any atom is 0.328 e. The van der Waals surface area contributed by atoms with Crippen molar-refractivity contribution in [3.05, 3.63) is 81.5 Å². The highest BCUT2D eigenvalue weighted by Gasteiger charge is 2.34. The van der Waals surface area contributed by atoms with Crippen molar-refractivity contribution in [3.63, 3.8) is 0 Å². The van der Waals surface area contributed by atoms with Crippen LogP contribution in [0.15, 0.2) is 53.3 Å². The molecule has 3 heterocycles. The third-order valence-corrected chi connectivity index (χ3v) is 8.06. The zero-order chi connectivity index (χ0) is 30.3. The quantitative estimate of drug-likeness (QED) is 0.263. The average Bonchev–Trinajstić information content (AvgIpc) is 3.75. The van der Waals surface area contributed by atoms with Crippen LogP contribution in [0.3, 0.4) is 0 Å². The highest BCUT2D eigenvalue weighted by molar-refractivity contribution is 5.85. The fraction of sp³-hybridized carbons (Fsp3) is 0.406. The minimum absolute atomic E-state index is 0.121. The predicted octanol–water partition coefficient (Wildman–Crippen LogP) is 3.89. The van der Waals surface area contributed by atoms with E-state index in [0.717, 1.165) is 47.3 Å². The normalized spacial score (nSPS) is 14.7. The molecule has 1 aliphatic rings. The van der Waals surface area contributed by atoms with Gasteiger partial charge in [0, 0.05) is 36.2 Å². The lowest BCUT2D eigenvalue weighted by atomic mass is 9.98. The fourth-order valence-corrected chi connectivity index (χ4v) is 5.73. The van der Waals surface area contributed by atoms with Gasteiger partial charge in [-0.2, -0.15) is 5.21 Å². The number of nitrogens with one attached hydrogen (secondary N) is 1. The van der Waals surface area contributed by atoms with E-state index in [2.05, 4.69) is 27.5 Å². The molecule has 0 aliphatic carbocycles. The van der Waals surface area contributed by atoms with Crippen LogP contribution in [0.5, 0.6) is 0 Å². The van der Waals surface area contributed by atoms with Gasteiger partial charge in [-0.3, -0.25) is 14.2 Å². The molecule has 5 rings (SSSR count). The van der Waals surface area contributed by atoms with Gasteiger partial charge < -0.3 is 9.64 Å². The molecule has 11 nitrogen and oxygen atoms in total. The Morgan fingerprint density at radius 2 is 1.84 bits per heavy atom. The molecule has 0 bridgehead atoms. The third kappa shape index (κ3) is 6.55. The van der Waals surface area contributed by atoms with Crippen LogP contribution in [0, 0.1) is 6.92 Å². The molecule has 2 aromatic carbocycles. The first-order chi connectivity index (χ1) is 20.9. The fourth-order valence-electron chi connectivity index (χ4n) is 5.73.